The molecule has 0 atom stereocenters. The zero-order valence-electron chi connectivity index (χ0n) is 14.6. The van der Waals surface area contributed by atoms with E-state index < -0.39 is 22.6 Å². The number of aromatic nitrogens is 2. The smallest absolute Gasteiger partial charge is 0.296 e. The zero-order chi connectivity index (χ0) is 18.9. The van der Waals surface area contributed by atoms with Gasteiger partial charge in [-0.25, -0.2) is 9.37 Å². The molecule has 1 aromatic heterocycles. The molecular weight excluding hydrogens is 341 g/mol. The molecule has 0 spiro atoms. The number of ether oxygens (including phenoxy) is 1. The van der Waals surface area contributed by atoms with Crippen molar-refractivity contribution in [3.63, 3.8) is 0 Å². The summed E-state index contributed by atoms with van der Waals surface area (Å²) < 4.78 is 19.8. The van der Waals surface area contributed by atoms with Crippen molar-refractivity contribution in [3.8, 4) is 5.75 Å². The third-order valence-electron chi connectivity index (χ3n) is 4.25. The summed E-state index contributed by atoms with van der Waals surface area (Å²) in [5.41, 5.74) is -0.895. The average molecular weight is 361 g/mol. The molecule has 26 heavy (non-hydrogen) atoms. The lowest BCUT2D eigenvalue weighted by atomic mass is 9.93. The van der Waals surface area contributed by atoms with Gasteiger partial charge in [-0.05, 0) is 17.7 Å². The molecule has 2 heterocycles. The minimum Gasteiger partial charge on any atom is -0.501 e. The van der Waals surface area contributed by atoms with E-state index in [4.69, 9.17) is 4.74 Å². The van der Waals surface area contributed by atoms with Crippen LogP contribution in [0.15, 0.2) is 29.1 Å². The molecule has 1 aliphatic heterocycles. The number of benzene rings is 1. The number of aromatic hydroxyl groups is 1. The minimum absolute atomic E-state index is 0.116. The quantitative estimate of drug-likeness (QED) is 0.860. The summed E-state index contributed by atoms with van der Waals surface area (Å²) in [6, 6.07) is 5.65. The number of rotatable bonds is 3. The summed E-state index contributed by atoms with van der Waals surface area (Å²) >= 11 is 0. The number of hydrogen-bond donors (Lipinski definition) is 2. The van der Waals surface area contributed by atoms with E-state index in [-0.39, 0.29) is 24.6 Å². The largest absolute Gasteiger partial charge is 0.501 e. The molecule has 0 unspecified atom stereocenters. The van der Waals surface area contributed by atoms with Crippen molar-refractivity contribution in [2.24, 2.45) is 0 Å². The fourth-order valence-corrected chi connectivity index (χ4v) is 2.84. The van der Waals surface area contributed by atoms with Crippen LogP contribution in [0.1, 0.15) is 35.7 Å². The summed E-state index contributed by atoms with van der Waals surface area (Å²) in [5, 5.41) is 12.8. The van der Waals surface area contributed by atoms with Crippen LogP contribution in [0.4, 0.5) is 4.39 Å². The number of hydrogen-bond acceptors (Lipinski definition) is 5. The second kappa shape index (κ2) is 6.87. The highest BCUT2D eigenvalue weighted by molar-refractivity contribution is 5.94. The van der Waals surface area contributed by atoms with E-state index in [1.807, 2.05) is 13.8 Å². The number of amides is 1. The molecule has 7 nitrogen and oxygen atoms in total. The Morgan fingerprint density at radius 2 is 2.08 bits per heavy atom. The van der Waals surface area contributed by atoms with E-state index in [0.29, 0.717) is 24.6 Å². The van der Waals surface area contributed by atoms with Gasteiger partial charge in [0.2, 0.25) is 5.75 Å². The first-order valence-electron chi connectivity index (χ1n) is 8.24. The Hall–Kier alpha value is -2.74. The summed E-state index contributed by atoms with van der Waals surface area (Å²) in [4.78, 5) is 29.2. The van der Waals surface area contributed by atoms with Crippen molar-refractivity contribution in [2.45, 2.75) is 32.4 Å². The Bertz CT molecular complexity index is 891. The predicted octanol–water partition coefficient (Wildman–Crippen LogP) is 1.33. The van der Waals surface area contributed by atoms with E-state index in [1.54, 1.807) is 0 Å². The summed E-state index contributed by atoms with van der Waals surface area (Å²) in [6.45, 7) is 4.76. The van der Waals surface area contributed by atoms with Crippen LogP contribution >= 0.6 is 0 Å². The monoisotopic (exact) mass is 361 g/mol. The fourth-order valence-electron chi connectivity index (χ4n) is 2.84. The molecule has 0 saturated heterocycles. The first kappa shape index (κ1) is 18.1. The number of nitrogens with zero attached hydrogens (tertiary/aromatic N) is 2. The molecule has 1 amide bonds. The third-order valence-corrected chi connectivity index (χ3v) is 4.25. The summed E-state index contributed by atoms with van der Waals surface area (Å²) in [5.74, 6) is -1.34. The fraction of sp³-hybridized carbons (Fsp3) is 0.389. The van der Waals surface area contributed by atoms with Crippen LogP contribution in [0.3, 0.4) is 0 Å². The zero-order valence-corrected chi connectivity index (χ0v) is 14.6. The van der Waals surface area contributed by atoms with Crippen molar-refractivity contribution >= 4 is 5.91 Å². The van der Waals surface area contributed by atoms with E-state index in [1.165, 1.54) is 28.8 Å². The normalized spacial score (nSPS) is 15.8. The molecule has 0 saturated carbocycles. The van der Waals surface area contributed by atoms with Gasteiger partial charge in [-0.1, -0.05) is 26.0 Å². The minimum atomic E-state index is -0.692. The van der Waals surface area contributed by atoms with Crippen LogP contribution in [0, 0.1) is 5.82 Å². The Kier molecular flexibility index (Phi) is 4.78. The van der Waals surface area contributed by atoms with Crippen LogP contribution in [-0.2, 0) is 23.2 Å². The van der Waals surface area contributed by atoms with Crippen LogP contribution in [0.25, 0.3) is 0 Å². The Balaban J connectivity index is 1.91. The van der Waals surface area contributed by atoms with E-state index in [0.717, 1.165) is 0 Å². The second-order valence-electron chi connectivity index (χ2n) is 6.84. The van der Waals surface area contributed by atoms with E-state index >= 15 is 0 Å². The van der Waals surface area contributed by atoms with Gasteiger partial charge in [-0.3, -0.25) is 14.2 Å². The van der Waals surface area contributed by atoms with Gasteiger partial charge in [0.05, 0.1) is 19.8 Å². The molecule has 8 heteroatoms. The third kappa shape index (κ3) is 3.45. The van der Waals surface area contributed by atoms with Crippen LogP contribution in [0.5, 0.6) is 5.75 Å². The maximum Gasteiger partial charge on any atom is 0.296 e. The van der Waals surface area contributed by atoms with E-state index in [2.05, 4.69) is 10.3 Å². The lowest BCUT2D eigenvalue weighted by Crippen LogP contribution is -2.36. The molecule has 2 N–H and O–H groups in total. The lowest BCUT2D eigenvalue weighted by molar-refractivity contribution is 0.0939. The molecule has 0 bridgehead atoms. The van der Waals surface area contributed by atoms with Gasteiger partial charge in [0.1, 0.15) is 11.6 Å². The Morgan fingerprint density at radius 3 is 2.77 bits per heavy atom. The van der Waals surface area contributed by atoms with Gasteiger partial charge in [-0.15, -0.1) is 0 Å². The summed E-state index contributed by atoms with van der Waals surface area (Å²) in [6.07, 6.45) is 0. The maximum atomic E-state index is 12.9. The molecule has 1 aliphatic rings. The van der Waals surface area contributed by atoms with Crippen molar-refractivity contribution in [1.29, 1.82) is 0 Å². The molecule has 0 radical (unpaired) electrons. The number of carbonyl (C=O) groups excluding carboxylic acids is 1. The second-order valence-corrected chi connectivity index (χ2v) is 6.84. The number of fused-ring (bicyclic) bond motifs is 1. The van der Waals surface area contributed by atoms with Gasteiger partial charge in [0, 0.05) is 12.0 Å². The van der Waals surface area contributed by atoms with Crippen molar-refractivity contribution in [1.82, 2.24) is 14.9 Å². The number of nitrogens with one attached hydrogen (secondary N) is 1. The highest BCUT2D eigenvalue weighted by Crippen LogP contribution is 2.25. The molecule has 1 aromatic carbocycles. The van der Waals surface area contributed by atoms with Gasteiger partial charge >= 0.3 is 0 Å². The van der Waals surface area contributed by atoms with Crippen molar-refractivity contribution < 1.29 is 19.0 Å². The standard InChI is InChI=1S/C18H20FN3O4/c1-18(2)10-26-8-7-22-16(25)14(23)13(21-17(18)22)15(24)20-9-11-3-5-12(19)6-4-11/h3-6,23H,7-10H2,1-2H3,(H,20,24). The summed E-state index contributed by atoms with van der Waals surface area (Å²) in [7, 11) is 0. The lowest BCUT2D eigenvalue weighted by Gasteiger charge is -2.24. The van der Waals surface area contributed by atoms with Crippen LogP contribution < -0.4 is 10.9 Å². The molecule has 2 aromatic rings. The van der Waals surface area contributed by atoms with Crippen LogP contribution in [-0.4, -0.2) is 33.8 Å². The first-order valence-corrected chi connectivity index (χ1v) is 8.24. The van der Waals surface area contributed by atoms with Gasteiger partial charge < -0.3 is 15.2 Å². The number of halogens is 1. The maximum absolute atomic E-state index is 12.9. The van der Waals surface area contributed by atoms with Crippen molar-refractivity contribution in [2.75, 3.05) is 13.2 Å². The number of carbonyl (C=O) groups is 1. The highest BCUT2D eigenvalue weighted by Gasteiger charge is 2.32. The highest BCUT2D eigenvalue weighted by atomic mass is 19.1. The SMILES string of the molecule is CC1(C)COCCn2c1nc(C(=O)NCc1ccc(F)cc1)c(O)c2=O. The molecule has 138 valence electrons. The Labute approximate surface area is 149 Å². The van der Waals surface area contributed by atoms with Gasteiger partial charge in [-0.2, -0.15) is 0 Å². The van der Waals surface area contributed by atoms with Crippen molar-refractivity contribution in [3.05, 3.63) is 57.5 Å². The molecule has 3 rings (SSSR count). The van der Waals surface area contributed by atoms with Crippen LogP contribution in [0.2, 0.25) is 0 Å². The van der Waals surface area contributed by atoms with Gasteiger partial charge in [0.25, 0.3) is 11.5 Å². The average Bonchev–Trinajstić information content (AvgIpc) is 2.75. The molecular formula is C18H20FN3O4. The topological polar surface area (TPSA) is 93.5 Å². The van der Waals surface area contributed by atoms with E-state index in [9.17, 15) is 19.1 Å². The van der Waals surface area contributed by atoms with Gasteiger partial charge in [0.15, 0.2) is 5.69 Å². The Morgan fingerprint density at radius 1 is 1.38 bits per heavy atom. The molecule has 0 aliphatic carbocycles. The first-order chi connectivity index (χ1) is 12.3. The predicted molar refractivity (Wildman–Crippen MR) is 91.6 cm³/mol. The molecule has 0 fully saturated rings.